The molecule has 7 nitrogen and oxygen atoms in total. The van der Waals surface area contributed by atoms with Crippen LogP contribution < -0.4 is 15.4 Å². The molecule has 25 heavy (non-hydrogen) atoms. The zero-order chi connectivity index (χ0) is 17.5. The number of ether oxygens (including phenoxy) is 1. The molecule has 0 saturated carbocycles. The van der Waals surface area contributed by atoms with Gasteiger partial charge in [0.2, 0.25) is 5.95 Å². The van der Waals surface area contributed by atoms with Crippen molar-refractivity contribution in [2.75, 3.05) is 17.7 Å². The van der Waals surface area contributed by atoms with Gasteiger partial charge in [0.1, 0.15) is 11.8 Å². The van der Waals surface area contributed by atoms with Crippen molar-refractivity contribution in [3.05, 3.63) is 65.9 Å². The molecule has 1 heterocycles. The number of rotatable bonds is 6. The van der Waals surface area contributed by atoms with Crippen LogP contribution in [0.2, 0.25) is 0 Å². The SMILES string of the molecule is COc1ccccc1CNc1nncc(Nc2ccccc2C#N)n1. The first kappa shape index (κ1) is 16.2. The molecule has 3 aromatic rings. The van der Waals surface area contributed by atoms with Gasteiger partial charge < -0.3 is 15.4 Å². The molecule has 0 spiro atoms. The third-order valence-electron chi connectivity index (χ3n) is 3.50. The normalized spacial score (nSPS) is 9.92. The van der Waals surface area contributed by atoms with E-state index in [2.05, 4.69) is 31.9 Å². The van der Waals surface area contributed by atoms with Gasteiger partial charge in [-0.15, -0.1) is 5.10 Å². The smallest absolute Gasteiger partial charge is 0.244 e. The topological polar surface area (TPSA) is 95.8 Å². The second-order valence-corrected chi connectivity index (χ2v) is 5.11. The first-order valence-corrected chi connectivity index (χ1v) is 7.62. The maximum Gasteiger partial charge on any atom is 0.244 e. The van der Waals surface area contributed by atoms with Crippen molar-refractivity contribution in [1.29, 1.82) is 5.26 Å². The van der Waals surface area contributed by atoms with Gasteiger partial charge in [0.25, 0.3) is 0 Å². The number of hydrogen-bond acceptors (Lipinski definition) is 7. The Hall–Kier alpha value is -3.66. The third-order valence-corrected chi connectivity index (χ3v) is 3.50. The minimum absolute atomic E-state index is 0.380. The summed E-state index contributed by atoms with van der Waals surface area (Å²) in [5, 5.41) is 23.3. The summed E-state index contributed by atoms with van der Waals surface area (Å²) in [6.07, 6.45) is 1.50. The molecule has 0 radical (unpaired) electrons. The summed E-state index contributed by atoms with van der Waals surface area (Å²) in [4.78, 5) is 4.37. The van der Waals surface area contributed by atoms with Gasteiger partial charge in [-0.3, -0.25) is 0 Å². The van der Waals surface area contributed by atoms with Crippen LogP contribution in [0, 0.1) is 11.3 Å². The van der Waals surface area contributed by atoms with Crippen molar-refractivity contribution >= 4 is 17.5 Å². The highest BCUT2D eigenvalue weighted by molar-refractivity contribution is 5.64. The number of anilines is 3. The predicted molar refractivity (Wildman–Crippen MR) is 94.6 cm³/mol. The van der Waals surface area contributed by atoms with E-state index in [1.165, 1.54) is 6.20 Å². The quantitative estimate of drug-likeness (QED) is 0.716. The summed E-state index contributed by atoms with van der Waals surface area (Å²) < 4.78 is 5.32. The molecule has 0 saturated heterocycles. The van der Waals surface area contributed by atoms with E-state index >= 15 is 0 Å². The monoisotopic (exact) mass is 332 g/mol. The van der Waals surface area contributed by atoms with Crippen LogP contribution in [0.4, 0.5) is 17.5 Å². The molecule has 0 bridgehead atoms. The van der Waals surface area contributed by atoms with Gasteiger partial charge in [0.15, 0.2) is 5.82 Å². The molecule has 0 aliphatic carbocycles. The fourth-order valence-corrected chi connectivity index (χ4v) is 2.29. The first-order chi connectivity index (χ1) is 12.3. The summed E-state index contributed by atoms with van der Waals surface area (Å²) in [5.74, 6) is 1.67. The number of aromatic nitrogens is 3. The van der Waals surface area contributed by atoms with Crippen molar-refractivity contribution in [2.45, 2.75) is 6.54 Å². The molecule has 7 heteroatoms. The highest BCUT2D eigenvalue weighted by atomic mass is 16.5. The molecule has 0 atom stereocenters. The maximum atomic E-state index is 9.15. The number of nitrogens with one attached hydrogen (secondary N) is 2. The molecule has 2 aromatic carbocycles. The lowest BCUT2D eigenvalue weighted by atomic mass is 10.2. The van der Waals surface area contributed by atoms with E-state index < -0.39 is 0 Å². The maximum absolute atomic E-state index is 9.15. The van der Waals surface area contributed by atoms with Crippen molar-refractivity contribution in [1.82, 2.24) is 15.2 Å². The summed E-state index contributed by atoms with van der Waals surface area (Å²) in [6.45, 7) is 0.504. The summed E-state index contributed by atoms with van der Waals surface area (Å²) in [5.41, 5.74) is 2.19. The molecule has 0 aliphatic rings. The molecule has 124 valence electrons. The van der Waals surface area contributed by atoms with E-state index in [1.807, 2.05) is 42.5 Å². The minimum atomic E-state index is 0.380. The van der Waals surface area contributed by atoms with Crippen LogP contribution in [0.15, 0.2) is 54.7 Å². The largest absolute Gasteiger partial charge is 0.496 e. The van der Waals surface area contributed by atoms with Crippen LogP contribution in [0.25, 0.3) is 0 Å². The van der Waals surface area contributed by atoms with Crippen LogP contribution >= 0.6 is 0 Å². The molecule has 3 rings (SSSR count). The van der Waals surface area contributed by atoms with Crippen molar-refractivity contribution < 1.29 is 4.74 Å². The Balaban J connectivity index is 1.72. The Morgan fingerprint density at radius 1 is 1.12 bits per heavy atom. The minimum Gasteiger partial charge on any atom is -0.496 e. The van der Waals surface area contributed by atoms with Crippen molar-refractivity contribution in [2.24, 2.45) is 0 Å². The summed E-state index contributed by atoms with van der Waals surface area (Å²) in [7, 11) is 1.63. The van der Waals surface area contributed by atoms with E-state index in [0.717, 1.165) is 11.3 Å². The fraction of sp³-hybridized carbons (Fsp3) is 0.111. The van der Waals surface area contributed by atoms with Gasteiger partial charge in [0, 0.05) is 12.1 Å². The van der Waals surface area contributed by atoms with Gasteiger partial charge in [-0.1, -0.05) is 30.3 Å². The van der Waals surface area contributed by atoms with Gasteiger partial charge in [0.05, 0.1) is 24.6 Å². The Morgan fingerprint density at radius 2 is 1.92 bits per heavy atom. The lowest BCUT2D eigenvalue weighted by Gasteiger charge is -2.10. The number of hydrogen-bond donors (Lipinski definition) is 2. The summed E-state index contributed by atoms with van der Waals surface area (Å²) in [6, 6.07) is 17.0. The van der Waals surface area contributed by atoms with Gasteiger partial charge in [-0.2, -0.15) is 15.3 Å². The molecule has 0 aliphatic heterocycles. The molecular weight excluding hydrogens is 316 g/mol. The van der Waals surface area contributed by atoms with Gasteiger partial charge in [-0.25, -0.2) is 0 Å². The number of methoxy groups -OCH3 is 1. The van der Waals surface area contributed by atoms with Crippen LogP contribution in [0.1, 0.15) is 11.1 Å². The Bertz CT molecular complexity index is 906. The van der Waals surface area contributed by atoms with Crippen LogP contribution in [0.5, 0.6) is 5.75 Å². The Labute approximate surface area is 145 Å². The van der Waals surface area contributed by atoms with Crippen LogP contribution in [-0.2, 0) is 6.54 Å². The highest BCUT2D eigenvalue weighted by Gasteiger charge is 2.06. The fourth-order valence-electron chi connectivity index (χ4n) is 2.29. The van der Waals surface area contributed by atoms with E-state index in [4.69, 9.17) is 10.00 Å². The predicted octanol–water partition coefficient (Wildman–Crippen LogP) is 3.11. The zero-order valence-electron chi connectivity index (χ0n) is 13.6. The molecular formula is C18H16N6O. The second-order valence-electron chi connectivity index (χ2n) is 5.11. The second kappa shape index (κ2) is 7.75. The van der Waals surface area contributed by atoms with E-state index in [1.54, 1.807) is 13.2 Å². The number of nitrogens with zero attached hydrogens (tertiary/aromatic N) is 4. The van der Waals surface area contributed by atoms with Gasteiger partial charge >= 0.3 is 0 Å². The average molecular weight is 332 g/mol. The highest BCUT2D eigenvalue weighted by Crippen LogP contribution is 2.20. The first-order valence-electron chi connectivity index (χ1n) is 7.62. The number of nitriles is 1. The number of para-hydroxylation sites is 2. The molecule has 2 N–H and O–H groups in total. The molecule has 0 fully saturated rings. The lowest BCUT2D eigenvalue weighted by molar-refractivity contribution is 0.410. The van der Waals surface area contributed by atoms with Crippen LogP contribution in [-0.4, -0.2) is 22.3 Å². The van der Waals surface area contributed by atoms with E-state index in [9.17, 15) is 0 Å². The average Bonchev–Trinajstić information content (AvgIpc) is 2.67. The summed E-state index contributed by atoms with van der Waals surface area (Å²) >= 11 is 0. The van der Waals surface area contributed by atoms with Crippen molar-refractivity contribution in [3.8, 4) is 11.8 Å². The molecule has 1 aromatic heterocycles. The van der Waals surface area contributed by atoms with Crippen LogP contribution in [0.3, 0.4) is 0 Å². The number of benzene rings is 2. The standard InChI is InChI=1S/C18H16N6O/c1-25-16-9-5-3-7-14(16)11-20-18-23-17(12-21-24-18)22-15-8-4-2-6-13(15)10-19/h2-9,12H,11H2,1H3,(H2,20,22,23,24). The van der Waals surface area contributed by atoms with Gasteiger partial charge in [-0.05, 0) is 18.2 Å². The van der Waals surface area contributed by atoms with E-state index in [0.29, 0.717) is 29.6 Å². The Kier molecular flexibility index (Phi) is 5.02. The molecule has 0 amide bonds. The molecule has 0 unspecified atom stereocenters. The third kappa shape index (κ3) is 4.00. The Morgan fingerprint density at radius 3 is 2.76 bits per heavy atom. The van der Waals surface area contributed by atoms with Crippen molar-refractivity contribution in [3.63, 3.8) is 0 Å². The zero-order valence-corrected chi connectivity index (χ0v) is 13.6. The van der Waals surface area contributed by atoms with E-state index in [-0.39, 0.29) is 0 Å². The lowest BCUT2D eigenvalue weighted by Crippen LogP contribution is -2.07.